The van der Waals surface area contributed by atoms with Crippen molar-refractivity contribution in [1.82, 2.24) is 5.32 Å². The number of hydrogen-bond donors (Lipinski definition) is 2. The number of nitrogens with one attached hydrogen (secondary N) is 1. The maximum atomic E-state index is 5.99. The molecule has 19 heavy (non-hydrogen) atoms. The molecule has 1 aromatic carbocycles. The highest BCUT2D eigenvalue weighted by molar-refractivity contribution is 5.82. The zero-order valence-electron chi connectivity index (χ0n) is 11.7. The number of benzene rings is 1. The van der Waals surface area contributed by atoms with Crippen LogP contribution in [0.3, 0.4) is 0 Å². The SMILES string of the molecule is CCCCc1oc2ccccc2c1CNCCCN. The first-order valence-corrected chi connectivity index (χ1v) is 7.27. The van der Waals surface area contributed by atoms with Crippen molar-refractivity contribution in [2.45, 2.75) is 39.2 Å². The van der Waals surface area contributed by atoms with E-state index < -0.39 is 0 Å². The summed E-state index contributed by atoms with van der Waals surface area (Å²) in [5, 5.41) is 4.70. The minimum absolute atomic E-state index is 0.738. The first kappa shape index (κ1) is 14.1. The summed E-state index contributed by atoms with van der Waals surface area (Å²) in [5.74, 6) is 1.14. The minimum Gasteiger partial charge on any atom is -0.461 e. The Kier molecular flexibility index (Phi) is 5.43. The number of aryl methyl sites for hydroxylation is 1. The number of nitrogens with two attached hydrogens (primary N) is 1. The highest BCUT2D eigenvalue weighted by Gasteiger charge is 2.12. The average molecular weight is 260 g/mol. The standard InChI is InChI=1S/C16H24N2O/c1-2-3-8-16-14(12-18-11-6-10-17)13-7-4-5-9-15(13)19-16/h4-5,7,9,18H,2-3,6,8,10-12,17H2,1H3. The van der Waals surface area contributed by atoms with Crippen LogP contribution in [-0.4, -0.2) is 13.1 Å². The Labute approximate surface area is 115 Å². The minimum atomic E-state index is 0.738. The van der Waals surface area contributed by atoms with Crippen LogP contribution in [0, 0.1) is 0 Å². The molecule has 0 saturated heterocycles. The van der Waals surface area contributed by atoms with Crippen molar-refractivity contribution >= 4 is 11.0 Å². The molecule has 0 saturated carbocycles. The predicted octanol–water partition coefficient (Wildman–Crippen LogP) is 3.21. The third-order valence-corrected chi connectivity index (χ3v) is 3.40. The van der Waals surface area contributed by atoms with E-state index in [1.807, 2.05) is 12.1 Å². The summed E-state index contributed by atoms with van der Waals surface area (Å²) in [6.07, 6.45) is 4.41. The van der Waals surface area contributed by atoms with E-state index >= 15 is 0 Å². The average Bonchev–Trinajstić information content (AvgIpc) is 2.79. The second kappa shape index (κ2) is 7.31. The molecular formula is C16H24N2O. The molecule has 0 aliphatic rings. The molecular weight excluding hydrogens is 236 g/mol. The molecule has 2 aromatic rings. The van der Waals surface area contributed by atoms with E-state index in [0.29, 0.717) is 0 Å². The molecule has 3 N–H and O–H groups in total. The first-order valence-electron chi connectivity index (χ1n) is 7.27. The van der Waals surface area contributed by atoms with Crippen LogP contribution in [0.15, 0.2) is 28.7 Å². The van der Waals surface area contributed by atoms with Gasteiger partial charge in [-0.1, -0.05) is 31.5 Å². The summed E-state index contributed by atoms with van der Waals surface area (Å²) in [6.45, 7) is 4.78. The molecule has 3 nitrogen and oxygen atoms in total. The smallest absolute Gasteiger partial charge is 0.134 e. The van der Waals surface area contributed by atoms with E-state index in [-0.39, 0.29) is 0 Å². The maximum Gasteiger partial charge on any atom is 0.134 e. The van der Waals surface area contributed by atoms with Crippen LogP contribution in [0.4, 0.5) is 0 Å². The molecule has 104 valence electrons. The van der Waals surface area contributed by atoms with Crippen LogP contribution in [0.1, 0.15) is 37.5 Å². The lowest BCUT2D eigenvalue weighted by atomic mass is 10.1. The first-order chi connectivity index (χ1) is 9.36. The van der Waals surface area contributed by atoms with Crippen LogP contribution in [-0.2, 0) is 13.0 Å². The van der Waals surface area contributed by atoms with E-state index in [4.69, 9.17) is 10.2 Å². The van der Waals surface area contributed by atoms with Crippen molar-refractivity contribution in [3.63, 3.8) is 0 Å². The maximum absolute atomic E-state index is 5.99. The molecule has 1 heterocycles. The van der Waals surface area contributed by atoms with Gasteiger partial charge in [-0.05, 0) is 32.0 Å². The Morgan fingerprint density at radius 2 is 2.05 bits per heavy atom. The molecule has 0 fully saturated rings. The van der Waals surface area contributed by atoms with Gasteiger partial charge in [0.05, 0.1) is 0 Å². The Balaban J connectivity index is 2.16. The van der Waals surface area contributed by atoms with Gasteiger partial charge in [-0.2, -0.15) is 0 Å². The summed E-state index contributed by atoms with van der Waals surface area (Å²) in [7, 11) is 0. The van der Waals surface area contributed by atoms with Crippen LogP contribution >= 0.6 is 0 Å². The second-order valence-corrected chi connectivity index (χ2v) is 4.92. The summed E-state index contributed by atoms with van der Waals surface area (Å²) < 4.78 is 5.99. The van der Waals surface area contributed by atoms with Gasteiger partial charge in [0, 0.05) is 23.9 Å². The lowest BCUT2D eigenvalue weighted by Crippen LogP contribution is -2.18. The zero-order chi connectivity index (χ0) is 13.5. The molecule has 1 aromatic heterocycles. The van der Waals surface area contributed by atoms with Gasteiger partial charge < -0.3 is 15.5 Å². The monoisotopic (exact) mass is 260 g/mol. The molecule has 2 rings (SSSR count). The molecule has 0 atom stereocenters. The summed E-state index contributed by atoms with van der Waals surface area (Å²) in [4.78, 5) is 0. The summed E-state index contributed by atoms with van der Waals surface area (Å²) in [6, 6.07) is 8.30. The molecule has 0 aliphatic heterocycles. The summed E-state index contributed by atoms with van der Waals surface area (Å²) >= 11 is 0. The number of para-hydroxylation sites is 1. The van der Waals surface area contributed by atoms with Crippen molar-refractivity contribution in [2.24, 2.45) is 5.73 Å². The van der Waals surface area contributed by atoms with E-state index in [1.165, 1.54) is 23.8 Å². The molecule has 3 heteroatoms. The lowest BCUT2D eigenvalue weighted by Gasteiger charge is -2.05. The van der Waals surface area contributed by atoms with Gasteiger partial charge in [-0.3, -0.25) is 0 Å². The van der Waals surface area contributed by atoms with Crippen molar-refractivity contribution in [1.29, 1.82) is 0 Å². The fourth-order valence-corrected chi connectivity index (χ4v) is 2.32. The van der Waals surface area contributed by atoms with Crippen LogP contribution in [0.5, 0.6) is 0 Å². The van der Waals surface area contributed by atoms with Gasteiger partial charge in [0.2, 0.25) is 0 Å². The van der Waals surface area contributed by atoms with Gasteiger partial charge in [0.15, 0.2) is 0 Å². The molecule has 0 spiro atoms. The van der Waals surface area contributed by atoms with Crippen molar-refractivity contribution in [3.05, 3.63) is 35.6 Å². The molecule has 0 amide bonds. The second-order valence-electron chi connectivity index (χ2n) is 4.92. The number of furan rings is 1. The van der Waals surface area contributed by atoms with E-state index in [9.17, 15) is 0 Å². The molecule has 0 aliphatic carbocycles. The van der Waals surface area contributed by atoms with Gasteiger partial charge >= 0.3 is 0 Å². The lowest BCUT2D eigenvalue weighted by molar-refractivity contribution is 0.524. The van der Waals surface area contributed by atoms with E-state index in [2.05, 4.69) is 24.4 Å². The van der Waals surface area contributed by atoms with Gasteiger partial charge in [-0.25, -0.2) is 0 Å². The van der Waals surface area contributed by atoms with Crippen molar-refractivity contribution in [2.75, 3.05) is 13.1 Å². The Morgan fingerprint density at radius 1 is 1.21 bits per heavy atom. The van der Waals surface area contributed by atoms with Gasteiger partial charge in [0.25, 0.3) is 0 Å². The Bertz CT molecular complexity index is 504. The van der Waals surface area contributed by atoms with E-state index in [1.54, 1.807) is 0 Å². The topological polar surface area (TPSA) is 51.2 Å². The number of rotatable bonds is 8. The number of fused-ring (bicyclic) bond motifs is 1. The number of unbranched alkanes of at least 4 members (excludes halogenated alkanes) is 1. The van der Waals surface area contributed by atoms with Crippen molar-refractivity contribution < 1.29 is 4.42 Å². The predicted molar refractivity (Wildman–Crippen MR) is 80.2 cm³/mol. The highest BCUT2D eigenvalue weighted by atomic mass is 16.3. The third-order valence-electron chi connectivity index (χ3n) is 3.40. The third kappa shape index (κ3) is 3.58. The Hall–Kier alpha value is -1.32. The van der Waals surface area contributed by atoms with E-state index in [0.717, 1.165) is 43.8 Å². The molecule has 0 bridgehead atoms. The zero-order valence-corrected chi connectivity index (χ0v) is 11.7. The van der Waals surface area contributed by atoms with Gasteiger partial charge in [-0.15, -0.1) is 0 Å². The largest absolute Gasteiger partial charge is 0.461 e. The summed E-state index contributed by atoms with van der Waals surface area (Å²) in [5.41, 5.74) is 7.84. The molecule has 0 unspecified atom stereocenters. The van der Waals surface area contributed by atoms with Gasteiger partial charge in [0.1, 0.15) is 11.3 Å². The van der Waals surface area contributed by atoms with Crippen LogP contribution < -0.4 is 11.1 Å². The quantitative estimate of drug-likeness (QED) is 0.717. The normalized spacial score (nSPS) is 11.3. The van der Waals surface area contributed by atoms with Crippen LogP contribution in [0.2, 0.25) is 0 Å². The number of hydrogen-bond acceptors (Lipinski definition) is 3. The fraction of sp³-hybridized carbons (Fsp3) is 0.500. The fourth-order valence-electron chi connectivity index (χ4n) is 2.32. The Morgan fingerprint density at radius 3 is 2.84 bits per heavy atom. The highest BCUT2D eigenvalue weighted by Crippen LogP contribution is 2.27. The van der Waals surface area contributed by atoms with Crippen molar-refractivity contribution in [3.8, 4) is 0 Å². The molecule has 0 radical (unpaired) electrons. The van der Waals surface area contributed by atoms with Crippen LogP contribution in [0.25, 0.3) is 11.0 Å².